The average molecular weight is 145 g/mol. The maximum Gasteiger partial charge on any atom is 0.0885 e. The number of hydrogen-bond acceptors (Lipinski definition) is 1. The zero-order valence-electron chi connectivity index (χ0n) is 7.30. The van der Waals surface area contributed by atoms with Crippen LogP contribution in [0.25, 0.3) is 0 Å². The van der Waals surface area contributed by atoms with E-state index >= 15 is 0 Å². The van der Waals surface area contributed by atoms with E-state index < -0.39 is 0 Å². The lowest BCUT2D eigenvalue weighted by Gasteiger charge is -2.30. The van der Waals surface area contributed by atoms with E-state index in [9.17, 15) is 0 Å². The van der Waals surface area contributed by atoms with Crippen LogP contribution in [0.5, 0.6) is 0 Å². The Bertz CT molecular complexity index is 79.0. The molecule has 0 amide bonds. The third-order valence-electron chi connectivity index (χ3n) is 2.28. The standard InChI is InChI=1S/C8H18N.H2O/c1-5-9(6-2,7-3)8-4;/h5H,1,6-8H2,2-4H3;1H2/q+1;/p-1. The van der Waals surface area contributed by atoms with Crippen molar-refractivity contribution in [2.24, 2.45) is 0 Å². The highest BCUT2D eigenvalue weighted by molar-refractivity contribution is 4.53. The summed E-state index contributed by atoms with van der Waals surface area (Å²) in [6.45, 7) is 13.9. The van der Waals surface area contributed by atoms with Crippen LogP contribution in [-0.2, 0) is 0 Å². The van der Waals surface area contributed by atoms with Gasteiger partial charge in [0.2, 0.25) is 0 Å². The van der Waals surface area contributed by atoms with Gasteiger partial charge in [0, 0.05) is 0 Å². The highest BCUT2D eigenvalue weighted by Crippen LogP contribution is 2.04. The highest BCUT2D eigenvalue weighted by Gasteiger charge is 2.14. The van der Waals surface area contributed by atoms with Crippen LogP contribution in [0.15, 0.2) is 12.8 Å². The van der Waals surface area contributed by atoms with Gasteiger partial charge in [0.05, 0.1) is 25.8 Å². The van der Waals surface area contributed by atoms with Gasteiger partial charge in [-0.3, -0.25) is 4.48 Å². The zero-order valence-corrected chi connectivity index (χ0v) is 7.30. The van der Waals surface area contributed by atoms with Crippen LogP contribution >= 0.6 is 0 Å². The lowest BCUT2D eigenvalue weighted by atomic mass is 10.4. The maximum atomic E-state index is 3.82. The molecule has 0 spiro atoms. The van der Waals surface area contributed by atoms with Crippen molar-refractivity contribution in [2.45, 2.75) is 20.8 Å². The molecule has 2 nitrogen and oxygen atoms in total. The summed E-state index contributed by atoms with van der Waals surface area (Å²) in [5.41, 5.74) is 0. The third-order valence-corrected chi connectivity index (χ3v) is 2.28. The molecule has 0 heterocycles. The molecule has 0 atom stereocenters. The van der Waals surface area contributed by atoms with E-state index in [0.717, 1.165) is 24.1 Å². The van der Waals surface area contributed by atoms with Crippen molar-refractivity contribution in [2.75, 3.05) is 19.6 Å². The van der Waals surface area contributed by atoms with Gasteiger partial charge in [-0.2, -0.15) is 0 Å². The van der Waals surface area contributed by atoms with E-state index in [1.165, 1.54) is 0 Å². The molecule has 0 rings (SSSR count). The minimum absolute atomic E-state index is 0. The summed E-state index contributed by atoms with van der Waals surface area (Å²) in [4.78, 5) is 0. The van der Waals surface area contributed by atoms with Crippen LogP contribution in [0, 0.1) is 0 Å². The lowest BCUT2D eigenvalue weighted by Crippen LogP contribution is -2.41. The lowest BCUT2D eigenvalue weighted by molar-refractivity contribution is -0.873. The Kier molecular flexibility index (Phi) is 6.72. The minimum Gasteiger partial charge on any atom is -0.870 e. The van der Waals surface area contributed by atoms with Crippen molar-refractivity contribution < 1.29 is 9.96 Å². The van der Waals surface area contributed by atoms with Crippen LogP contribution in [-0.4, -0.2) is 29.6 Å². The zero-order chi connectivity index (χ0) is 7.33. The molecule has 0 aliphatic carbocycles. The molecule has 0 aliphatic heterocycles. The molecule has 0 aliphatic rings. The molecule has 0 saturated carbocycles. The van der Waals surface area contributed by atoms with Crippen molar-refractivity contribution >= 4 is 0 Å². The second-order valence-electron chi connectivity index (χ2n) is 2.35. The Labute approximate surface area is 64.1 Å². The van der Waals surface area contributed by atoms with Crippen molar-refractivity contribution in [1.29, 1.82) is 0 Å². The molecule has 0 radical (unpaired) electrons. The summed E-state index contributed by atoms with van der Waals surface area (Å²) in [7, 11) is 0. The molecule has 0 bridgehead atoms. The molecule has 2 heteroatoms. The summed E-state index contributed by atoms with van der Waals surface area (Å²) in [5.74, 6) is 0. The van der Waals surface area contributed by atoms with E-state index in [1.54, 1.807) is 0 Å². The van der Waals surface area contributed by atoms with Gasteiger partial charge < -0.3 is 5.48 Å². The Morgan fingerprint density at radius 1 is 1.10 bits per heavy atom. The van der Waals surface area contributed by atoms with E-state index in [2.05, 4.69) is 27.4 Å². The van der Waals surface area contributed by atoms with Gasteiger partial charge in [0.15, 0.2) is 0 Å². The van der Waals surface area contributed by atoms with Crippen LogP contribution < -0.4 is 0 Å². The first-order valence-electron chi connectivity index (χ1n) is 3.74. The van der Waals surface area contributed by atoms with E-state index in [4.69, 9.17) is 0 Å². The Hall–Kier alpha value is -0.340. The number of nitrogens with zero attached hydrogens (tertiary/aromatic N) is 1. The second kappa shape index (κ2) is 5.45. The molecular formula is C8H19NO. The molecule has 0 aromatic rings. The Morgan fingerprint density at radius 3 is 1.40 bits per heavy atom. The normalized spacial score (nSPS) is 10.3. The Balaban J connectivity index is 0. The largest absolute Gasteiger partial charge is 0.870 e. The molecular weight excluding hydrogens is 126 g/mol. The molecule has 10 heavy (non-hydrogen) atoms. The number of rotatable bonds is 4. The smallest absolute Gasteiger partial charge is 0.0885 e. The van der Waals surface area contributed by atoms with Crippen molar-refractivity contribution in [1.82, 2.24) is 0 Å². The van der Waals surface area contributed by atoms with Crippen LogP contribution in [0.3, 0.4) is 0 Å². The summed E-state index contributed by atoms with van der Waals surface area (Å²) in [5, 5.41) is 0. The second-order valence-corrected chi connectivity index (χ2v) is 2.35. The van der Waals surface area contributed by atoms with Crippen LogP contribution in [0.1, 0.15) is 20.8 Å². The van der Waals surface area contributed by atoms with Gasteiger partial charge in [-0.1, -0.05) is 0 Å². The fourth-order valence-electron chi connectivity index (χ4n) is 1.06. The quantitative estimate of drug-likeness (QED) is 0.555. The fourth-order valence-corrected chi connectivity index (χ4v) is 1.06. The first kappa shape index (κ1) is 12.3. The predicted molar refractivity (Wildman–Crippen MR) is 44.0 cm³/mol. The molecule has 1 N–H and O–H groups in total. The van der Waals surface area contributed by atoms with Crippen LogP contribution in [0.2, 0.25) is 0 Å². The maximum absolute atomic E-state index is 3.82. The topological polar surface area (TPSA) is 30.0 Å². The first-order valence-corrected chi connectivity index (χ1v) is 3.74. The average Bonchev–Trinajstić information content (AvgIpc) is 1.95. The molecule has 0 unspecified atom stereocenters. The molecule has 62 valence electrons. The molecule has 0 aromatic carbocycles. The molecule has 0 aromatic heterocycles. The summed E-state index contributed by atoms with van der Waals surface area (Å²) < 4.78 is 1.04. The van der Waals surface area contributed by atoms with E-state index in [0.29, 0.717) is 0 Å². The summed E-state index contributed by atoms with van der Waals surface area (Å²) >= 11 is 0. The van der Waals surface area contributed by atoms with Gasteiger partial charge in [0.25, 0.3) is 0 Å². The Morgan fingerprint density at radius 2 is 1.40 bits per heavy atom. The fraction of sp³-hybridized carbons (Fsp3) is 0.750. The number of quaternary nitrogens is 1. The van der Waals surface area contributed by atoms with Gasteiger partial charge in [-0.15, -0.1) is 0 Å². The monoisotopic (exact) mass is 145 g/mol. The van der Waals surface area contributed by atoms with E-state index in [1.807, 2.05) is 6.20 Å². The van der Waals surface area contributed by atoms with Crippen LogP contribution in [0.4, 0.5) is 0 Å². The molecule has 0 fully saturated rings. The number of hydrogen-bond donors (Lipinski definition) is 0. The van der Waals surface area contributed by atoms with Crippen molar-refractivity contribution in [3.05, 3.63) is 12.8 Å². The highest BCUT2D eigenvalue weighted by atomic mass is 16.0. The molecule has 0 saturated heterocycles. The summed E-state index contributed by atoms with van der Waals surface area (Å²) in [6, 6.07) is 0. The van der Waals surface area contributed by atoms with E-state index in [-0.39, 0.29) is 5.48 Å². The SMILES string of the molecule is C=C[N+](CC)(CC)CC.[OH-]. The third kappa shape index (κ3) is 2.50. The van der Waals surface area contributed by atoms with Gasteiger partial charge in [-0.25, -0.2) is 0 Å². The van der Waals surface area contributed by atoms with Crippen molar-refractivity contribution in [3.8, 4) is 0 Å². The van der Waals surface area contributed by atoms with Gasteiger partial charge in [0.1, 0.15) is 0 Å². The summed E-state index contributed by atoms with van der Waals surface area (Å²) in [6.07, 6.45) is 2.04. The van der Waals surface area contributed by atoms with Crippen molar-refractivity contribution in [3.63, 3.8) is 0 Å². The van der Waals surface area contributed by atoms with Gasteiger partial charge in [-0.05, 0) is 27.4 Å². The predicted octanol–water partition coefficient (Wildman–Crippen LogP) is 1.83. The minimum atomic E-state index is 0. The first-order chi connectivity index (χ1) is 4.24. The van der Waals surface area contributed by atoms with Gasteiger partial charge >= 0.3 is 0 Å².